The number of ether oxygens (including phenoxy) is 12. The Labute approximate surface area is 508 Å². The second kappa shape index (κ2) is 33.5. The summed E-state index contributed by atoms with van der Waals surface area (Å²) in [4.78, 5) is 62.4. The molecule has 6 rings (SSSR count). The molecule has 0 bridgehead atoms. The molecule has 6 aliphatic rings. The summed E-state index contributed by atoms with van der Waals surface area (Å²) in [5, 5.41) is 226. The first kappa shape index (κ1) is 75.1. The van der Waals surface area contributed by atoms with Gasteiger partial charge in [0.25, 0.3) is 5.79 Å². The third-order valence-electron chi connectivity index (χ3n) is 15.7. The predicted molar refractivity (Wildman–Crippen MR) is 276 cm³/mol. The molecule has 32 atom stereocenters. The number of carbonyl (C=O) groups is 5. The van der Waals surface area contributed by atoms with Gasteiger partial charge in [0.05, 0.1) is 71.0 Å². The number of aliphatic carboxylic acids is 1. The van der Waals surface area contributed by atoms with Crippen molar-refractivity contribution in [3.05, 3.63) is 0 Å². The number of rotatable bonds is 29. The lowest BCUT2D eigenvalue weighted by atomic mass is 9.88. The molecule has 0 aromatic heterocycles. The zero-order chi connectivity index (χ0) is 66.8. The lowest BCUT2D eigenvalue weighted by Gasteiger charge is -2.53. The Balaban J connectivity index is 1.38. The molecule has 6 aliphatic heterocycles. The highest BCUT2D eigenvalue weighted by Crippen LogP contribution is 2.41. The van der Waals surface area contributed by atoms with E-state index in [9.17, 15) is 126 Å². The molecule has 0 spiro atoms. The topological polar surface area (TPSA) is 649 Å². The van der Waals surface area contributed by atoms with Crippen molar-refractivity contribution in [1.82, 2.24) is 21.3 Å². The largest absolute Gasteiger partial charge is 0.477 e. The van der Waals surface area contributed by atoms with Crippen LogP contribution in [0.5, 0.6) is 0 Å². The fourth-order valence-electron chi connectivity index (χ4n) is 11.0. The van der Waals surface area contributed by atoms with Crippen LogP contribution >= 0.6 is 0 Å². The minimum atomic E-state index is -3.49. The van der Waals surface area contributed by atoms with Gasteiger partial charge in [0, 0.05) is 20.3 Å². The van der Waals surface area contributed by atoms with Gasteiger partial charge in [0.15, 0.2) is 31.5 Å². The number of carboxylic acid groups (broad SMARTS) is 1. The number of hydrogen-bond donors (Lipinski definition) is 24. The van der Waals surface area contributed by atoms with E-state index in [0.29, 0.717) is 0 Å². The van der Waals surface area contributed by atoms with Gasteiger partial charge >= 0.3 is 5.97 Å². The summed E-state index contributed by atoms with van der Waals surface area (Å²) in [5.41, 5.74) is 0. The second-order valence-corrected chi connectivity index (χ2v) is 21.9. The van der Waals surface area contributed by atoms with Gasteiger partial charge in [-0.3, -0.25) is 19.2 Å². The summed E-state index contributed by atoms with van der Waals surface area (Å²) in [6, 6.07) is -6.68. The standard InChI is InChI=1S/C49H82N4O37/c1-14(63)51-26-31(71)29(69)19(6-56)80-43(26)85-37-22(9-59)83-46(35(75)33(37)73)88-40-27(52-15(2)64)44(81-20(7-57)30(40)70)87-39-23(10-60)84-47(86-38-21(8-58)82-45(34(74)32(38)72)79-12-16(4-54)50-13-62)36(76)42(39)90-49(48(77)78)3-17(65)25(53-24(67)11-61)41(89-49)28(68)18(66)5-55/h13,16-23,25-47,54-61,65-66,68-76H,3-12H2,1-2H3,(H,50,62)(H,51,63)(H,52,64)(H,53,67)(H,77,78)/t16-,17+,18-,19-,20-,21-,22-,23-,25-,26-,27-,28-,29+,30+,31-,32-,33-,34-,35-,36-,37+,38-,39+,40-,41-,42-,43+,44+,45-,46+,47+,49+/m1/s1. The first-order valence-electron chi connectivity index (χ1n) is 28.1. The number of aliphatic hydroxyl groups is 19. The summed E-state index contributed by atoms with van der Waals surface area (Å²) in [5.74, 6) is -8.78. The zero-order valence-electron chi connectivity index (χ0n) is 47.9. The smallest absolute Gasteiger partial charge is 0.364 e. The SMILES string of the molecule is CC(=O)N[C@H]1[C@H](O[C@@H]2[C@H](O)[C@@H](O)[C@H](O[C@H]3[C@@H](O)[C@@H](CO)O[C@@H](O[C@@H]4[C@H](O[C@]5(C(=O)O)C[C@H](O)[C@@H](NC(=O)CO)[C@H]([C@H](O)[C@H](O)CO)O5)[C@@H](O)[C@H](O[C@H]5[C@H](O)[C@@H](O)[C@H](OC[C@@H](CO)NC=O)O[C@@H]5CO)O[C@@H]4CO)[C@@H]3NC(C)=O)O[C@@H]2CO)O[C@H](CO)[C@H](O)[C@@H]1O. The molecule has 0 aromatic rings. The van der Waals surface area contributed by atoms with Crippen molar-refractivity contribution >= 4 is 30.1 Å². The van der Waals surface area contributed by atoms with E-state index in [1.165, 1.54) is 0 Å². The van der Waals surface area contributed by atoms with E-state index in [2.05, 4.69) is 21.3 Å². The zero-order valence-corrected chi connectivity index (χ0v) is 47.9. The molecular weight excluding hydrogens is 1240 g/mol. The van der Waals surface area contributed by atoms with Crippen LogP contribution in [0.3, 0.4) is 0 Å². The molecule has 0 saturated carbocycles. The van der Waals surface area contributed by atoms with Crippen LogP contribution < -0.4 is 21.3 Å². The van der Waals surface area contributed by atoms with Crippen LogP contribution in [-0.2, 0) is 80.8 Å². The van der Waals surface area contributed by atoms with E-state index in [4.69, 9.17) is 56.8 Å². The molecule has 90 heavy (non-hydrogen) atoms. The average molecular weight is 1320 g/mol. The Bertz CT molecular complexity index is 2290. The number of nitrogens with one attached hydrogen (secondary N) is 4. The summed E-state index contributed by atoms with van der Waals surface area (Å²) in [7, 11) is 0. The first-order valence-corrected chi connectivity index (χ1v) is 28.1. The molecule has 0 radical (unpaired) electrons. The van der Waals surface area contributed by atoms with E-state index < -0.39 is 285 Å². The summed E-state index contributed by atoms with van der Waals surface area (Å²) >= 11 is 0. The Kier molecular flexibility index (Phi) is 28.0. The number of aliphatic hydroxyl groups excluding tert-OH is 19. The first-order chi connectivity index (χ1) is 42.6. The van der Waals surface area contributed by atoms with Crippen molar-refractivity contribution in [3.8, 4) is 0 Å². The van der Waals surface area contributed by atoms with Crippen LogP contribution in [0.4, 0.5) is 0 Å². The van der Waals surface area contributed by atoms with Gasteiger partial charge < -0.3 is 180 Å². The maximum Gasteiger partial charge on any atom is 0.364 e. The molecule has 0 aliphatic carbocycles. The maximum atomic E-state index is 13.7. The Morgan fingerprint density at radius 2 is 0.989 bits per heavy atom. The van der Waals surface area contributed by atoms with Crippen LogP contribution in [0, 0.1) is 0 Å². The van der Waals surface area contributed by atoms with Gasteiger partial charge in [-0.05, 0) is 0 Å². The highest BCUT2D eigenvalue weighted by atomic mass is 16.8. The Hall–Kier alpha value is -3.89. The third-order valence-corrected chi connectivity index (χ3v) is 15.7. The van der Waals surface area contributed by atoms with Crippen LogP contribution in [0.2, 0.25) is 0 Å². The Morgan fingerprint density at radius 3 is 1.50 bits per heavy atom. The molecule has 4 amide bonds. The quantitative estimate of drug-likeness (QED) is 0.0309. The molecule has 520 valence electrons. The van der Waals surface area contributed by atoms with Crippen molar-refractivity contribution in [2.24, 2.45) is 0 Å². The van der Waals surface area contributed by atoms with Gasteiger partial charge in [0.1, 0.15) is 147 Å². The number of carboxylic acids is 1. The number of hydrogen-bond acceptors (Lipinski definition) is 36. The highest BCUT2D eigenvalue weighted by molar-refractivity contribution is 5.78. The molecule has 6 fully saturated rings. The minimum absolute atomic E-state index is 0.221. The molecule has 41 heteroatoms. The normalized spacial score (nSPS) is 43.5. The highest BCUT2D eigenvalue weighted by Gasteiger charge is 2.63. The summed E-state index contributed by atoms with van der Waals surface area (Å²) < 4.78 is 70.2. The van der Waals surface area contributed by atoms with Crippen molar-refractivity contribution in [2.75, 3.05) is 59.5 Å². The predicted octanol–water partition coefficient (Wildman–Crippen LogP) is -16.4. The van der Waals surface area contributed by atoms with Crippen molar-refractivity contribution < 1.29 is 183 Å². The number of amides is 4. The van der Waals surface area contributed by atoms with Crippen LogP contribution in [-0.4, -0.2) is 387 Å². The van der Waals surface area contributed by atoms with Gasteiger partial charge in [-0.25, -0.2) is 4.79 Å². The number of carbonyl (C=O) groups excluding carboxylic acids is 4. The fraction of sp³-hybridized carbons (Fsp3) is 0.898. The molecule has 6 heterocycles. The molecule has 6 saturated heterocycles. The minimum Gasteiger partial charge on any atom is -0.477 e. The van der Waals surface area contributed by atoms with Crippen molar-refractivity contribution in [3.63, 3.8) is 0 Å². The Morgan fingerprint density at radius 1 is 0.522 bits per heavy atom. The van der Waals surface area contributed by atoms with Crippen LogP contribution in [0.25, 0.3) is 0 Å². The fourth-order valence-corrected chi connectivity index (χ4v) is 11.0. The third kappa shape index (κ3) is 17.0. The van der Waals surface area contributed by atoms with E-state index in [1.54, 1.807) is 0 Å². The van der Waals surface area contributed by atoms with Crippen molar-refractivity contribution in [1.29, 1.82) is 0 Å². The van der Waals surface area contributed by atoms with E-state index in [-0.39, 0.29) is 6.41 Å². The van der Waals surface area contributed by atoms with E-state index >= 15 is 0 Å². The molecular formula is C49H82N4O37. The summed E-state index contributed by atoms with van der Waals surface area (Å²) in [6.45, 7) is -7.46. The molecule has 0 aromatic carbocycles. The van der Waals surface area contributed by atoms with E-state index in [1.807, 2.05) is 0 Å². The van der Waals surface area contributed by atoms with Crippen LogP contribution in [0.1, 0.15) is 20.3 Å². The molecule has 41 nitrogen and oxygen atoms in total. The monoisotopic (exact) mass is 1320 g/mol. The van der Waals surface area contributed by atoms with Gasteiger partial charge in [-0.15, -0.1) is 0 Å². The molecule has 0 unspecified atom stereocenters. The van der Waals surface area contributed by atoms with Crippen molar-refractivity contribution in [2.45, 2.75) is 216 Å². The summed E-state index contributed by atoms with van der Waals surface area (Å²) in [6.07, 6.45) is -58.6. The lowest BCUT2D eigenvalue weighted by molar-refractivity contribution is -0.404. The van der Waals surface area contributed by atoms with E-state index in [0.717, 1.165) is 13.8 Å². The molecule has 24 N–H and O–H groups in total. The second-order valence-electron chi connectivity index (χ2n) is 21.9. The van der Waals surface area contributed by atoms with Gasteiger partial charge in [0.2, 0.25) is 24.1 Å². The average Bonchev–Trinajstić information content (AvgIpc) is 1.05. The van der Waals surface area contributed by atoms with Gasteiger partial charge in [-0.2, -0.15) is 0 Å². The van der Waals surface area contributed by atoms with Gasteiger partial charge in [-0.1, -0.05) is 0 Å². The lowest BCUT2D eigenvalue weighted by Crippen LogP contribution is -2.72. The van der Waals surface area contributed by atoms with Crippen LogP contribution in [0.15, 0.2) is 0 Å². The maximum absolute atomic E-state index is 13.7.